The molecule has 0 spiro atoms. The molecule has 0 bridgehead atoms. The molecular formula is C19H25N5OS. The van der Waals surface area contributed by atoms with E-state index < -0.39 is 0 Å². The first-order valence-corrected chi connectivity index (χ1v) is 9.01. The number of benzene rings is 1. The average molecular weight is 372 g/mol. The Labute approximate surface area is 160 Å². The molecule has 6 nitrogen and oxygen atoms in total. The highest BCUT2D eigenvalue weighted by atomic mass is 32.1. The summed E-state index contributed by atoms with van der Waals surface area (Å²) in [5.41, 5.74) is 6.00. The molecule has 2 aromatic rings. The first-order chi connectivity index (χ1) is 12.5. The van der Waals surface area contributed by atoms with Crippen LogP contribution in [0.1, 0.15) is 32.0 Å². The van der Waals surface area contributed by atoms with Gasteiger partial charge in [0.2, 0.25) is 0 Å². The Bertz CT molecular complexity index is 760. The van der Waals surface area contributed by atoms with Crippen molar-refractivity contribution < 1.29 is 5.11 Å². The third kappa shape index (κ3) is 5.79. The van der Waals surface area contributed by atoms with E-state index >= 15 is 0 Å². The van der Waals surface area contributed by atoms with Crippen molar-refractivity contribution in [1.29, 1.82) is 0 Å². The van der Waals surface area contributed by atoms with Gasteiger partial charge >= 0.3 is 0 Å². The summed E-state index contributed by atoms with van der Waals surface area (Å²) in [6.45, 7) is 8.60. The number of rotatable bonds is 7. The zero-order chi connectivity index (χ0) is 18.9. The van der Waals surface area contributed by atoms with Crippen molar-refractivity contribution >= 4 is 28.7 Å². The standard InChI is InChI=1S/C19H25N5OS/c1-4-24(5-2)13-15-12-16(9-10-18(15)25)21-19(26)23-22-14(3)17-8-6-7-11-20-17/h6-12,25H,4-5,13H2,1-3H3,(H2,21,23,26)/b22-14+. The van der Waals surface area contributed by atoms with Crippen LogP contribution in [0.25, 0.3) is 0 Å². The lowest BCUT2D eigenvalue weighted by molar-refractivity contribution is 0.291. The molecule has 0 radical (unpaired) electrons. The molecule has 7 heteroatoms. The van der Waals surface area contributed by atoms with Crippen LogP contribution in [0.15, 0.2) is 47.7 Å². The van der Waals surface area contributed by atoms with E-state index in [0.717, 1.165) is 35.7 Å². The zero-order valence-electron chi connectivity index (χ0n) is 15.4. The summed E-state index contributed by atoms with van der Waals surface area (Å²) in [6.07, 6.45) is 1.72. The topological polar surface area (TPSA) is 72.8 Å². The number of thiocarbonyl (C=S) groups is 1. The summed E-state index contributed by atoms with van der Waals surface area (Å²) in [5, 5.41) is 17.8. The Morgan fingerprint density at radius 3 is 2.65 bits per heavy atom. The lowest BCUT2D eigenvalue weighted by Crippen LogP contribution is -2.25. The molecule has 1 aromatic carbocycles. The van der Waals surface area contributed by atoms with E-state index in [0.29, 0.717) is 11.7 Å². The van der Waals surface area contributed by atoms with Crippen LogP contribution in [0.5, 0.6) is 5.75 Å². The number of phenols is 1. The molecule has 0 aliphatic heterocycles. The number of hydrogen-bond acceptors (Lipinski definition) is 5. The van der Waals surface area contributed by atoms with Crippen molar-refractivity contribution in [2.75, 3.05) is 18.4 Å². The van der Waals surface area contributed by atoms with Gasteiger partial charge in [-0.05, 0) is 62.6 Å². The Balaban J connectivity index is 2.00. The smallest absolute Gasteiger partial charge is 0.191 e. The van der Waals surface area contributed by atoms with Gasteiger partial charge in [0.1, 0.15) is 5.75 Å². The van der Waals surface area contributed by atoms with Gasteiger partial charge in [0.15, 0.2) is 5.11 Å². The molecule has 0 aliphatic carbocycles. The third-order valence-electron chi connectivity index (χ3n) is 3.99. The minimum absolute atomic E-state index is 0.283. The maximum Gasteiger partial charge on any atom is 0.191 e. The van der Waals surface area contributed by atoms with Gasteiger partial charge < -0.3 is 10.4 Å². The van der Waals surface area contributed by atoms with Gasteiger partial charge in [-0.2, -0.15) is 5.10 Å². The highest BCUT2D eigenvalue weighted by molar-refractivity contribution is 7.80. The van der Waals surface area contributed by atoms with Crippen molar-refractivity contribution in [3.05, 3.63) is 53.9 Å². The summed E-state index contributed by atoms with van der Waals surface area (Å²) < 4.78 is 0. The number of anilines is 1. The molecule has 0 atom stereocenters. The highest BCUT2D eigenvalue weighted by Crippen LogP contribution is 2.23. The average Bonchev–Trinajstić information content (AvgIpc) is 2.67. The molecule has 3 N–H and O–H groups in total. The first-order valence-electron chi connectivity index (χ1n) is 8.60. The second-order valence-corrected chi connectivity index (χ2v) is 6.19. The van der Waals surface area contributed by atoms with Crippen molar-refractivity contribution in [2.45, 2.75) is 27.3 Å². The summed E-state index contributed by atoms with van der Waals surface area (Å²) in [6, 6.07) is 11.0. The van der Waals surface area contributed by atoms with Gasteiger partial charge in [-0.15, -0.1) is 0 Å². The van der Waals surface area contributed by atoms with Crippen molar-refractivity contribution in [3.8, 4) is 5.75 Å². The summed E-state index contributed by atoms with van der Waals surface area (Å²) in [4.78, 5) is 6.47. The maximum atomic E-state index is 10.1. The molecule has 0 aliphatic rings. The number of pyridine rings is 1. The molecule has 0 saturated carbocycles. The lowest BCUT2D eigenvalue weighted by atomic mass is 10.1. The summed E-state index contributed by atoms with van der Waals surface area (Å²) in [5.74, 6) is 0.283. The molecule has 26 heavy (non-hydrogen) atoms. The Morgan fingerprint density at radius 2 is 2.00 bits per heavy atom. The van der Waals surface area contributed by atoms with Gasteiger partial charge in [0, 0.05) is 24.0 Å². The number of nitrogens with one attached hydrogen (secondary N) is 2. The van der Waals surface area contributed by atoms with Gasteiger partial charge in [-0.25, -0.2) is 0 Å². The molecule has 1 aromatic heterocycles. The van der Waals surface area contributed by atoms with Crippen LogP contribution >= 0.6 is 12.2 Å². The number of nitrogens with zero attached hydrogens (tertiary/aromatic N) is 3. The molecule has 0 unspecified atom stereocenters. The Hall–Kier alpha value is -2.51. The second kappa shape index (κ2) is 9.84. The van der Waals surface area contributed by atoms with Crippen LogP contribution < -0.4 is 10.7 Å². The van der Waals surface area contributed by atoms with Crippen LogP contribution in [-0.2, 0) is 6.54 Å². The van der Waals surface area contributed by atoms with E-state index in [4.69, 9.17) is 12.2 Å². The predicted molar refractivity (Wildman–Crippen MR) is 111 cm³/mol. The second-order valence-electron chi connectivity index (χ2n) is 5.78. The highest BCUT2D eigenvalue weighted by Gasteiger charge is 2.08. The van der Waals surface area contributed by atoms with Crippen LogP contribution in [0, 0.1) is 0 Å². The van der Waals surface area contributed by atoms with Crippen LogP contribution in [0.4, 0.5) is 5.69 Å². The number of hydrazone groups is 1. The normalized spacial score (nSPS) is 11.5. The third-order valence-corrected chi connectivity index (χ3v) is 4.18. The van der Waals surface area contributed by atoms with E-state index in [-0.39, 0.29) is 5.75 Å². The molecule has 0 fully saturated rings. The molecule has 0 saturated heterocycles. The molecule has 2 rings (SSSR count). The molecule has 138 valence electrons. The largest absolute Gasteiger partial charge is 0.508 e. The number of hydrogen-bond donors (Lipinski definition) is 3. The minimum Gasteiger partial charge on any atom is -0.508 e. The summed E-state index contributed by atoms with van der Waals surface area (Å²) >= 11 is 5.29. The van der Waals surface area contributed by atoms with Crippen molar-refractivity contribution in [3.63, 3.8) is 0 Å². The number of aromatic hydroxyl groups is 1. The fourth-order valence-corrected chi connectivity index (χ4v) is 2.57. The molecule has 1 heterocycles. The number of phenolic OH excluding ortho intramolecular Hbond substituents is 1. The fraction of sp³-hybridized carbons (Fsp3) is 0.316. The van der Waals surface area contributed by atoms with E-state index in [1.807, 2.05) is 31.2 Å². The van der Waals surface area contributed by atoms with E-state index in [2.05, 4.69) is 39.6 Å². The predicted octanol–water partition coefficient (Wildman–Crippen LogP) is 3.34. The van der Waals surface area contributed by atoms with Gasteiger partial charge in [-0.1, -0.05) is 19.9 Å². The maximum absolute atomic E-state index is 10.1. The van der Waals surface area contributed by atoms with Crippen molar-refractivity contribution in [1.82, 2.24) is 15.3 Å². The number of aromatic nitrogens is 1. The van der Waals surface area contributed by atoms with E-state index in [9.17, 15) is 5.11 Å². The lowest BCUT2D eigenvalue weighted by Gasteiger charge is -2.19. The van der Waals surface area contributed by atoms with Gasteiger partial charge in [-0.3, -0.25) is 15.3 Å². The van der Waals surface area contributed by atoms with Crippen LogP contribution in [0.2, 0.25) is 0 Å². The fourth-order valence-electron chi connectivity index (χ4n) is 2.41. The Morgan fingerprint density at radius 1 is 1.23 bits per heavy atom. The first kappa shape index (κ1) is 19.8. The molecular weight excluding hydrogens is 346 g/mol. The zero-order valence-corrected chi connectivity index (χ0v) is 16.2. The summed E-state index contributed by atoms with van der Waals surface area (Å²) in [7, 11) is 0. The monoisotopic (exact) mass is 371 g/mol. The van der Waals surface area contributed by atoms with Crippen LogP contribution in [0.3, 0.4) is 0 Å². The van der Waals surface area contributed by atoms with Gasteiger partial charge in [0.25, 0.3) is 0 Å². The SMILES string of the molecule is CCN(CC)Cc1cc(NC(=S)N/N=C(\C)c2ccccn2)ccc1O. The van der Waals surface area contributed by atoms with E-state index in [1.54, 1.807) is 18.3 Å². The minimum atomic E-state index is 0.283. The quantitative estimate of drug-likeness (QED) is 0.300. The van der Waals surface area contributed by atoms with Gasteiger partial charge in [0.05, 0.1) is 11.4 Å². The Kier molecular flexibility index (Phi) is 7.50. The van der Waals surface area contributed by atoms with Crippen LogP contribution in [-0.4, -0.2) is 38.9 Å². The van der Waals surface area contributed by atoms with Crippen molar-refractivity contribution in [2.24, 2.45) is 5.10 Å². The molecule has 0 amide bonds. The van der Waals surface area contributed by atoms with E-state index in [1.165, 1.54) is 0 Å².